The van der Waals surface area contributed by atoms with Crippen LogP contribution < -0.4 is 9.47 Å². The minimum atomic E-state index is -0.0566. The number of benzene rings is 2. The second kappa shape index (κ2) is 9.06. The molecule has 3 rings (SSSR count). The topological polar surface area (TPSA) is 38.8 Å². The van der Waals surface area contributed by atoms with E-state index in [9.17, 15) is 4.79 Å². The standard InChI is InChI=1S/C21H21NO3S2/c1-15-4-8-17(9-5-15)24-12-3-13-25-18-10-6-16(7-11-18)14-19-20(23)22(2)21(26)27-19/h4-11,14H,3,12-13H2,1-2H3. The molecule has 0 N–H and O–H groups in total. The normalized spacial score (nSPS) is 15.5. The highest BCUT2D eigenvalue weighted by Crippen LogP contribution is 2.31. The van der Waals surface area contributed by atoms with Crippen molar-refractivity contribution < 1.29 is 14.3 Å². The molecule has 1 aliphatic rings. The first-order valence-corrected chi connectivity index (χ1v) is 9.89. The molecule has 0 spiro atoms. The summed E-state index contributed by atoms with van der Waals surface area (Å²) in [5.41, 5.74) is 2.16. The number of thiocarbonyl (C=S) groups is 1. The van der Waals surface area contributed by atoms with Crippen molar-refractivity contribution in [3.8, 4) is 11.5 Å². The molecule has 1 heterocycles. The maximum atomic E-state index is 12.0. The lowest BCUT2D eigenvalue weighted by Crippen LogP contribution is -2.22. The van der Waals surface area contributed by atoms with Gasteiger partial charge in [-0.1, -0.05) is 53.8 Å². The van der Waals surface area contributed by atoms with Gasteiger partial charge in [0.1, 0.15) is 15.8 Å². The number of nitrogens with zero attached hydrogens (tertiary/aromatic N) is 1. The van der Waals surface area contributed by atoms with Gasteiger partial charge >= 0.3 is 0 Å². The number of ether oxygens (including phenoxy) is 2. The van der Waals surface area contributed by atoms with E-state index in [0.29, 0.717) is 22.4 Å². The van der Waals surface area contributed by atoms with Crippen molar-refractivity contribution in [2.45, 2.75) is 13.3 Å². The average molecular weight is 400 g/mol. The first-order valence-electron chi connectivity index (χ1n) is 8.67. The summed E-state index contributed by atoms with van der Waals surface area (Å²) in [6.07, 6.45) is 2.65. The minimum absolute atomic E-state index is 0.0566. The zero-order valence-corrected chi connectivity index (χ0v) is 16.9. The van der Waals surface area contributed by atoms with E-state index in [0.717, 1.165) is 23.5 Å². The van der Waals surface area contributed by atoms with Crippen LogP contribution in [0.5, 0.6) is 11.5 Å². The lowest BCUT2D eigenvalue weighted by Gasteiger charge is -2.08. The van der Waals surface area contributed by atoms with Gasteiger partial charge in [-0.15, -0.1) is 0 Å². The van der Waals surface area contributed by atoms with E-state index in [4.69, 9.17) is 21.7 Å². The summed E-state index contributed by atoms with van der Waals surface area (Å²) >= 11 is 6.46. The zero-order chi connectivity index (χ0) is 19.2. The highest BCUT2D eigenvalue weighted by Gasteiger charge is 2.28. The number of rotatable bonds is 7. The van der Waals surface area contributed by atoms with Gasteiger partial charge in [0, 0.05) is 13.5 Å². The molecule has 0 atom stereocenters. The lowest BCUT2D eigenvalue weighted by molar-refractivity contribution is -0.121. The van der Waals surface area contributed by atoms with Gasteiger partial charge < -0.3 is 9.47 Å². The summed E-state index contributed by atoms with van der Waals surface area (Å²) in [6, 6.07) is 15.7. The Morgan fingerprint density at radius 2 is 1.56 bits per heavy atom. The molecule has 1 saturated heterocycles. The maximum absolute atomic E-state index is 12.0. The molecule has 27 heavy (non-hydrogen) atoms. The third kappa shape index (κ3) is 5.34. The molecule has 2 aromatic carbocycles. The minimum Gasteiger partial charge on any atom is -0.493 e. The molecular formula is C21H21NO3S2. The van der Waals surface area contributed by atoms with Crippen LogP contribution in [0.25, 0.3) is 6.08 Å². The number of aryl methyl sites for hydroxylation is 1. The Hall–Kier alpha value is -2.31. The number of likely N-dealkylation sites (N-methyl/N-ethyl adjacent to an activating group) is 1. The molecule has 4 nitrogen and oxygen atoms in total. The quantitative estimate of drug-likeness (QED) is 0.384. The van der Waals surface area contributed by atoms with E-state index in [1.165, 1.54) is 22.2 Å². The molecule has 140 valence electrons. The molecule has 1 aliphatic heterocycles. The zero-order valence-electron chi connectivity index (χ0n) is 15.3. The van der Waals surface area contributed by atoms with E-state index >= 15 is 0 Å². The smallest absolute Gasteiger partial charge is 0.265 e. The van der Waals surface area contributed by atoms with Crippen molar-refractivity contribution >= 4 is 40.3 Å². The highest BCUT2D eigenvalue weighted by molar-refractivity contribution is 8.26. The summed E-state index contributed by atoms with van der Waals surface area (Å²) in [5.74, 6) is 1.62. The molecule has 0 bridgehead atoms. The van der Waals surface area contributed by atoms with Gasteiger partial charge in [-0.05, 0) is 42.8 Å². The molecule has 0 radical (unpaired) electrons. The fourth-order valence-electron chi connectivity index (χ4n) is 2.43. The maximum Gasteiger partial charge on any atom is 0.265 e. The van der Waals surface area contributed by atoms with Crippen LogP contribution in [-0.4, -0.2) is 35.4 Å². The Morgan fingerprint density at radius 1 is 1.00 bits per heavy atom. The summed E-state index contributed by atoms with van der Waals surface area (Å²) < 4.78 is 12.0. The highest BCUT2D eigenvalue weighted by atomic mass is 32.2. The fraction of sp³-hybridized carbons (Fsp3) is 0.238. The second-order valence-electron chi connectivity index (χ2n) is 6.17. The molecule has 0 saturated carbocycles. The molecule has 0 aromatic heterocycles. The van der Waals surface area contributed by atoms with Crippen molar-refractivity contribution in [1.29, 1.82) is 0 Å². The SMILES string of the molecule is Cc1ccc(OCCCOc2ccc(C=C3SC(=S)N(C)C3=O)cc2)cc1. The molecule has 6 heteroatoms. The van der Waals surface area contributed by atoms with E-state index in [1.807, 2.05) is 54.6 Å². The van der Waals surface area contributed by atoms with Crippen LogP contribution in [0, 0.1) is 6.92 Å². The summed E-state index contributed by atoms with van der Waals surface area (Å²) in [6.45, 7) is 3.25. The molecule has 2 aromatic rings. The predicted octanol–water partition coefficient (Wildman–Crippen LogP) is 4.67. The Morgan fingerprint density at radius 3 is 2.07 bits per heavy atom. The van der Waals surface area contributed by atoms with Crippen LogP contribution in [0.1, 0.15) is 17.5 Å². The van der Waals surface area contributed by atoms with Crippen LogP contribution in [0.4, 0.5) is 0 Å². The molecular weight excluding hydrogens is 378 g/mol. The van der Waals surface area contributed by atoms with E-state index in [1.54, 1.807) is 7.05 Å². The van der Waals surface area contributed by atoms with Gasteiger partial charge in [0.05, 0.1) is 18.1 Å². The largest absolute Gasteiger partial charge is 0.493 e. The monoisotopic (exact) mass is 399 g/mol. The summed E-state index contributed by atoms with van der Waals surface area (Å²) in [5, 5.41) is 0. The van der Waals surface area contributed by atoms with Crippen LogP contribution >= 0.6 is 24.0 Å². The van der Waals surface area contributed by atoms with Gasteiger partial charge in [-0.3, -0.25) is 9.69 Å². The van der Waals surface area contributed by atoms with Gasteiger partial charge in [0.15, 0.2) is 0 Å². The predicted molar refractivity (Wildman–Crippen MR) is 114 cm³/mol. The molecule has 0 aliphatic carbocycles. The third-order valence-electron chi connectivity index (χ3n) is 4.01. The van der Waals surface area contributed by atoms with Crippen LogP contribution in [0.2, 0.25) is 0 Å². The van der Waals surface area contributed by atoms with E-state index < -0.39 is 0 Å². The number of hydrogen-bond donors (Lipinski definition) is 0. The Balaban J connectivity index is 1.43. The van der Waals surface area contributed by atoms with Gasteiger partial charge in [0.25, 0.3) is 5.91 Å². The summed E-state index contributed by atoms with van der Waals surface area (Å²) in [4.78, 5) is 14.2. The van der Waals surface area contributed by atoms with Crippen LogP contribution in [0.15, 0.2) is 53.4 Å². The van der Waals surface area contributed by atoms with Crippen molar-refractivity contribution in [3.05, 3.63) is 64.6 Å². The van der Waals surface area contributed by atoms with Crippen molar-refractivity contribution in [3.63, 3.8) is 0 Å². The fourth-order valence-corrected chi connectivity index (χ4v) is 3.61. The third-order valence-corrected chi connectivity index (χ3v) is 5.50. The van der Waals surface area contributed by atoms with Gasteiger partial charge in [0.2, 0.25) is 0 Å². The number of carbonyl (C=O) groups is 1. The van der Waals surface area contributed by atoms with Crippen LogP contribution in [-0.2, 0) is 4.79 Å². The van der Waals surface area contributed by atoms with Gasteiger partial charge in [-0.25, -0.2) is 0 Å². The molecule has 0 unspecified atom stereocenters. The number of amides is 1. The van der Waals surface area contributed by atoms with Crippen molar-refractivity contribution in [2.75, 3.05) is 20.3 Å². The van der Waals surface area contributed by atoms with E-state index in [-0.39, 0.29) is 5.91 Å². The van der Waals surface area contributed by atoms with Crippen molar-refractivity contribution in [1.82, 2.24) is 4.90 Å². The first-order chi connectivity index (χ1) is 13.0. The van der Waals surface area contributed by atoms with E-state index in [2.05, 4.69) is 6.92 Å². The Bertz CT molecular complexity index is 845. The summed E-state index contributed by atoms with van der Waals surface area (Å²) in [7, 11) is 1.69. The molecule has 1 fully saturated rings. The number of carbonyl (C=O) groups excluding carboxylic acids is 1. The van der Waals surface area contributed by atoms with Crippen LogP contribution in [0.3, 0.4) is 0 Å². The van der Waals surface area contributed by atoms with Crippen molar-refractivity contribution in [2.24, 2.45) is 0 Å². The number of hydrogen-bond acceptors (Lipinski definition) is 5. The van der Waals surface area contributed by atoms with Gasteiger partial charge in [-0.2, -0.15) is 0 Å². The molecule has 1 amide bonds. The first kappa shape index (κ1) is 19.5. The second-order valence-corrected chi connectivity index (χ2v) is 7.85. The number of thioether (sulfide) groups is 1. The Labute approximate surface area is 169 Å². The lowest BCUT2D eigenvalue weighted by atomic mass is 10.2. The average Bonchev–Trinajstić information content (AvgIpc) is 2.91. The Kier molecular flexibility index (Phi) is 6.53.